The van der Waals surface area contributed by atoms with Crippen molar-refractivity contribution in [3.63, 3.8) is 0 Å². The van der Waals surface area contributed by atoms with E-state index in [9.17, 15) is 0 Å². The second-order valence-electron chi connectivity index (χ2n) is 2.61. The van der Waals surface area contributed by atoms with Gasteiger partial charge in [0.15, 0.2) is 0 Å². The largest absolute Gasteiger partial charge is 0.352 e. The molecule has 0 fully saturated rings. The van der Waals surface area contributed by atoms with E-state index < -0.39 is 0 Å². The minimum absolute atomic E-state index is 1.02. The Morgan fingerprint density at radius 2 is 2.27 bits per heavy atom. The van der Waals surface area contributed by atoms with Crippen LogP contribution in [0.15, 0.2) is 24.7 Å². The molecule has 62 valence electrons. The first-order valence-electron chi connectivity index (χ1n) is 3.59. The maximum atomic E-state index is 3.97. The van der Waals surface area contributed by atoms with E-state index in [-0.39, 0.29) is 0 Å². The van der Waals surface area contributed by atoms with Gasteiger partial charge in [-0.05, 0) is 0 Å². The Bertz CT molecular complexity index is 177. The van der Waals surface area contributed by atoms with Gasteiger partial charge >= 0.3 is 0 Å². The van der Waals surface area contributed by atoms with Crippen LogP contribution in [0.3, 0.4) is 0 Å². The lowest BCUT2D eigenvalue weighted by Crippen LogP contribution is -2.27. The highest BCUT2D eigenvalue weighted by Crippen LogP contribution is 2.13. The Labute approximate surface area is 72.6 Å². The van der Waals surface area contributed by atoms with E-state index in [1.165, 1.54) is 0 Å². The van der Waals surface area contributed by atoms with Crippen LogP contribution in [0.1, 0.15) is 0 Å². The zero-order chi connectivity index (χ0) is 8.27. The predicted molar refractivity (Wildman–Crippen MR) is 51.1 cm³/mol. The molecule has 0 bridgehead atoms. The van der Waals surface area contributed by atoms with Crippen LogP contribution in [-0.4, -0.2) is 35.5 Å². The number of hydrogen-bond acceptors (Lipinski definition) is 3. The topological polar surface area (TPSA) is 6.48 Å². The van der Waals surface area contributed by atoms with Crippen LogP contribution in [0.25, 0.3) is 0 Å². The molecule has 0 saturated carbocycles. The number of hydrogen-bond donors (Lipinski definition) is 0. The molecule has 0 N–H and O–H groups in total. The summed E-state index contributed by atoms with van der Waals surface area (Å²) >= 11 is 1.89. The lowest BCUT2D eigenvalue weighted by molar-refractivity contribution is 0.358. The first-order valence-corrected chi connectivity index (χ1v) is 4.74. The third-order valence-electron chi connectivity index (χ3n) is 1.68. The monoisotopic (exact) mass is 170 g/mol. The lowest BCUT2D eigenvalue weighted by atomic mass is 10.5. The molecule has 3 heteroatoms. The fourth-order valence-electron chi connectivity index (χ4n) is 0.889. The van der Waals surface area contributed by atoms with E-state index in [4.69, 9.17) is 0 Å². The second kappa shape index (κ2) is 3.72. The second-order valence-corrected chi connectivity index (χ2v) is 3.61. The molecule has 0 aromatic heterocycles. The molecule has 0 spiro atoms. The van der Waals surface area contributed by atoms with Crippen LogP contribution in [0, 0.1) is 0 Å². The Morgan fingerprint density at radius 3 is 3.00 bits per heavy atom. The molecule has 1 aliphatic heterocycles. The Morgan fingerprint density at radius 1 is 1.55 bits per heavy atom. The normalized spacial score (nSPS) is 22.9. The minimum atomic E-state index is 1.02. The third kappa shape index (κ3) is 2.19. The van der Waals surface area contributed by atoms with Crippen molar-refractivity contribution in [1.29, 1.82) is 0 Å². The minimum Gasteiger partial charge on any atom is -0.352 e. The van der Waals surface area contributed by atoms with Gasteiger partial charge in [0.05, 0.1) is 5.88 Å². The Hall–Kier alpha value is -0.570. The highest BCUT2D eigenvalue weighted by Gasteiger charge is 2.06. The average molecular weight is 170 g/mol. The van der Waals surface area contributed by atoms with E-state index in [1.807, 2.05) is 23.7 Å². The summed E-state index contributed by atoms with van der Waals surface area (Å²) in [5, 5.41) is 0. The maximum absolute atomic E-state index is 3.97. The van der Waals surface area contributed by atoms with Crippen molar-refractivity contribution in [2.75, 3.05) is 25.7 Å². The molecule has 0 atom stereocenters. The van der Waals surface area contributed by atoms with Crippen molar-refractivity contribution in [3.05, 3.63) is 24.7 Å². The molecule has 0 saturated heterocycles. The number of thioether (sulfide) groups is 1. The summed E-state index contributed by atoms with van der Waals surface area (Å²) in [4.78, 5) is 4.19. The van der Waals surface area contributed by atoms with Gasteiger partial charge in [0.2, 0.25) is 0 Å². The molecule has 1 rings (SSSR count). The summed E-state index contributed by atoms with van der Waals surface area (Å²) in [5.41, 5.74) is 0. The van der Waals surface area contributed by atoms with Gasteiger partial charge in [-0.2, -0.15) is 0 Å². The first-order chi connectivity index (χ1) is 5.22. The SMILES string of the molecule is C=C1N(C)/C=C\CSCN1C. The van der Waals surface area contributed by atoms with Gasteiger partial charge in [0.1, 0.15) is 5.82 Å². The highest BCUT2D eigenvalue weighted by molar-refractivity contribution is 7.99. The van der Waals surface area contributed by atoms with Crippen molar-refractivity contribution in [2.24, 2.45) is 0 Å². The summed E-state index contributed by atoms with van der Waals surface area (Å²) in [7, 11) is 4.08. The van der Waals surface area contributed by atoms with Crippen LogP contribution in [0.2, 0.25) is 0 Å². The molecular formula is C8H14N2S. The molecule has 0 radical (unpaired) electrons. The molecule has 1 heterocycles. The maximum Gasteiger partial charge on any atom is 0.101 e. The van der Waals surface area contributed by atoms with Crippen LogP contribution < -0.4 is 0 Å². The summed E-state index contributed by atoms with van der Waals surface area (Å²) < 4.78 is 0. The Balaban J connectivity index is 2.64. The van der Waals surface area contributed by atoms with E-state index in [0.717, 1.165) is 17.5 Å². The van der Waals surface area contributed by atoms with Gasteiger partial charge in [0.25, 0.3) is 0 Å². The summed E-state index contributed by atoms with van der Waals surface area (Å²) in [6.07, 6.45) is 4.22. The quantitative estimate of drug-likeness (QED) is 0.544. The van der Waals surface area contributed by atoms with E-state index >= 15 is 0 Å². The van der Waals surface area contributed by atoms with Crippen LogP contribution in [-0.2, 0) is 0 Å². The predicted octanol–water partition coefficient (Wildman–Crippen LogP) is 1.54. The zero-order valence-corrected chi connectivity index (χ0v) is 7.90. The van der Waals surface area contributed by atoms with Crippen molar-refractivity contribution < 1.29 is 0 Å². The van der Waals surface area contributed by atoms with E-state index in [1.54, 1.807) is 0 Å². The molecule has 1 aliphatic rings. The highest BCUT2D eigenvalue weighted by atomic mass is 32.2. The summed E-state index contributed by atoms with van der Waals surface area (Å²) in [6, 6.07) is 0. The Kier molecular flexibility index (Phi) is 2.88. The summed E-state index contributed by atoms with van der Waals surface area (Å²) in [6.45, 7) is 3.97. The van der Waals surface area contributed by atoms with Gasteiger partial charge in [-0.3, -0.25) is 0 Å². The molecule has 0 unspecified atom stereocenters. The van der Waals surface area contributed by atoms with Crippen molar-refractivity contribution in [2.45, 2.75) is 0 Å². The molecule has 0 aromatic carbocycles. The molecule has 0 aliphatic carbocycles. The lowest BCUT2D eigenvalue weighted by Gasteiger charge is -2.28. The molecule has 2 nitrogen and oxygen atoms in total. The van der Waals surface area contributed by atoms with Crippen molar-refractivity contribution in [3.8, 4) is 0 Å². The van der Waals surface area contributed by atoms with E-state index in [0.29, 0.717) is 0 Å². The van der Waals surface area contributed by atoms with Crippen LogP contribution >= 0.6 is 11.8 Å². The zero-order valence-electron chi connectivity index (χ0n) is 7.08. The fraction of sp³-hybridized carbons (Fsp3) is 0.500. The smallest absolute Gasteiger partial charge is 0.101 e. The van der Waals surface area contributed by atoms with Gasteiger partial charge in [0, 0.05) is 26.0 Å². The van der Waals surface area contributed by atoms with E-state index in [2.05, 4.69) is 30.8 Å². The van der Waals surface area contributed by atoms with Gasteiger partial charge in [-0.1, -0.05) is 12.7 Å². The van der Waals surface area contributed by atoms with Crippen LogP contribution in [0.5, 0.6) is 0 Å². The fourth-order valence-corrected chi connectivity index (χ4v) is 1.64. The van der Waals surface area contributed by atoms with Crippen LogP contribution in [0.4, 0.5) is 0 Å². The van der Waals surface area contributed by atoms with Gasteiger partial charge in [-0.25, -0.2) is 0 Å². The number of nitrogens with zero attached hydrogens (tertiary/aromatic N) is 2. The summed E-state index contributed by atoms with van der Waals surface area (Å²) in [5.74, 6) is 3.16. The number of rotatable bonds is 0. The van der Waals surface area contributed by atoms with Gasteiger partial charge in [-0.15, -0.1) is 11.8 Å². The molecule has 0 amide bonds. The molecule has 11 heavy (non-hydrogen) atoms. The average Bonchev–Trinajstić information content (AvgIpc) is 2.00. The van der Waals surface area contributed by atoms with Crippen molar-refractivity contribution >= 4 is 11.8 Å². The third-order valence-corrected chi connectivity index (χ3v) is 2.67. The molecular weight excluding hydrogens is 156 g/mol. The van der Waals surface area contributed by atoms with Gasteiger partial charge < -0.3 is 9.80 Å². The first kappa shape index (κ1) is 8.53. The van der Waals surface area contributed by atoms with Crippen molar-refractivity contribution in [1.82, 2.24) is 9.80 Å². The standard InChI is InChI=1S/C8H14N2S/c1-8-9(2)5-4-6-11-7-10(8)3/h4-5H,1,6-7H2,2-3H3/b5-4-. The molecule has 0 aromatic rings.